The molecule has 1 heterocycles. The molecule has 1 aliphatic carbocycles. The Morgan fingerprint density at radius 1 is 1.28 bits per heavy atom. The van der Waals surface area contributed by atoms with Crippen molar-refractivity contribution >= 4 is 28.9 Å². The van der Waals surface area contributed by atoms with Gasteiger partial charge in [-0.25, -0.2) is 0 Å². The smallest absolute Gasteiger partial charge is 0.278 e. The van der Waals surface area contributed by atoms with Crippen molar-refractivity contribution in [1.82, 2.24) is 10.2 Å². The van der Waals surface area contributed by atoms with Gasteiger partial charge in [0.2, 0.25) is 0 Å². The van der Waals surface area contributed by atoms with Gasteiger partial charge in [-0.15, -0.1) is 0 Å². The summed E-state index contributed by atoms with van der Waals surface area (Å²) < 4.78 is 5.40. The number of benzene rings is 2. The zero-order valence-electron chi connectivity index (χ0n) is 16.0. The summed E-state index contributed by atoms with van der Waals surface area (Å²) in [6.45, 7) is 1.93. The maximum absolute atomic E-state index is 11.4. The Bertz CT molecular complexity index is 1110. The lowest BCUT2D eigenvalue weighted by Gasteiger charge is -2.26. The summed E-state index contributed by atoms with van der Waals surface area (Å²) in [5.74, 6) is 0.718. The Morgan fingerprint density at radius 3 is 2.76 bits per heavy atom. The van der Waals surface area contributed by atoms with Crippen LogP contribution in [0.3, 0.4) is 0 Å². The largest absolute Gasteiger partial charge is 0.495 e. The predicted molar refractivity (Wildman–Crippen MR) is 113 cm³/mol. The monoisotopic (exact) mass is 431 g/mol. The lowest BCUT2D eigenvalue weighted by molar-refractivity contribution is -0.384. The number of aromatic nitrogens is 2. The van der Waals surface area contributed by atoms with Crippen LogP contribution < -0.4 is 4.74 Å². The van der Waals surface area contributed by atoms with E-state index in [2.05, 4.69) is 10.2 Å². The molecule has 0 spiro atoms. The van der Waals surface area contributed by atoms with Crippen LogP contribution in [0.5, 0.6) is 5.75 Å². The highest BCUT2D eigenvalue weighted by Crippen LogP contribution is 2.45. The van der Waals surface area contributed by atoms with Crippen LogP contribution in [0.15, 0.2) is 30.3 Å². The third-order valence-electron chi connectivity index (χ3n) is 5.51. The number of aryl methyl sites for hydroxylation is 1. The first-order valence-corrected chi connectivity index (χ1v) is 10.00. The number of fused-ring (bicyclic) bond motifs is 1. The summed E-state index contributed by atoms with van der Waals surface area (Å²) in [6, 6.07) is 8.52. The zero-order valence-corrected chi connectivity index (χ0v) is 17.5. The Morgan fingerprint density at radius 2 is 2.03 bits per heavy atom. The molecule has 0 amide bonds. The van der Waals surface area contributed by atoms with Crippen molar-refractivity contribution < 1.29 is 9.66 Å². The van der Waals surface area contributed by atoms with Gasteiger partial charge in [-0.3, -0.25) is 15.2 Å². The van der Waals surface area contributed by atoms with E-state index in [4.69, 9.17) is 27.9 Å². The highest BCUT2D eigenvalue weighted by Gasteiger charge is 2.31. The second-order valence-electron chi connectivity index (χ2n) is 7.18. The van der Waals surface area contributed by atoms with Crippen molar-refractivity contribution in [2.24, 2.45) is 0 Å². The maximum atomic E-state index is 11.4. The number of hydrogen-bond donors (Lipinski definition) is 1. The second-order valence-corrected chi connectivity index (χ2v) is 7.94. The van der Waals surface area contributed by atoms with Crippen molar-refractivity contribution in [3.8, 4) is 17.0 Å². The summed E-state index contributed by atoms with van der Waals surface area (Å²) in [7, 11) is 1.59. The van der Waals surface area contributed by atoms with Gasteiger partial charge in [-0.2, -0.15) is 5.10 Å². The molecule has 4 rings (SSSR count). The first kappa shape index (κ1) is 19.7. The van der Waals surface area contributed by atoms with Crippen LogP contribution >= 0.6 is 23.2 Å². The average Bonchev–Trinajstić information content (AvgIpc) is 3.14. The van der Waals surface area contributed by atoms with Gasteiger partial charge in [0.25, 0.3) is 5.69 Å². The van der Waals surface area contributed by atoms with E-state index in [1.54, 1.807) is 25.3 Å². The molecule has 2 aromatic carbocycles. The molecule has 3 aromatic rings. The Labute approximate surface area is 177 Å². The van der Waals surface area contributed by atoms with E-state index in [-0.39, 0.29) is 16.5 Å². The highest BCUT2D eigenvalue weighted by atomic mass is 35.5. The van der Waals surface area contributed by atoms with Crippen LogP contribution in [-0.2, 0) is 12.8 Å². The average molecular weight is 432 g/mol. The molecule has 0 radical (unpaired) electrons. The van der Waals surface area contributed by atoms with E-state index in [1.165, 1.54) is 6.07 Å². The molecule has 8 heteroatoms. The van der Waals surface area contributed by atoms with Gasteiger partial charge in [0.05, 0.1) is 22.6 Å². The van der Waals surface area contributed by atoms with Crippen molar-refractivity contribution in [2.75, 3.05) is 7.11 Å². The van der Waals surface area contributed by atoms with Gasteiger partial charge < -0.3 is 4.74 Å². The van der Waals surface area contributed by atoms with Crippen LogP contribution in [0.2, 0.25) is 10.0 Å². The van der Waals surface area contributed by atoms with Crippen LogP contribution in [0.25, 0.3) is 11.3 Å². The number of ether oxygens (including phenoxy) is 1. The summed E-state index contributed by atoms with van der Waals surface area (Å²) in [6.07, 6.45) is 2.21. The Hall–Kier alpha value is -2.57. The number of nitro groups is 1. The Balaban J connectivity index is 1.73. The van der Waals surface area contributed by atoms with Crippen molar-refractivity contribution in [1.29, 1.82) is 0 Å². The number of rotatable bonds is 4. The van der Waals surface area contributed by atoms with Crippen LogP contribution in [0, 0.1) is 17.0 Å². The number of para-hydroxylation sites is 1. The lowest BCUT2D eigenvalue weighted by atomic mass is 9.81. The number of hydrogen-bond acceptors (Lipinski definition) is 4. The molecule has 0 fully saturated rings. The van der Waals surface area contributed by atoms with Crippen molar-refractivity contribution in [3.05, 3.63) is 72.9 Å². The molecule has 1 atom stereocenters. The van der Waals surface area contributed by atoms with Gasteiger partial charge in [-0.1, -0.05) is 35.3 Å². The number of halogens is 2. The quantitative estimate of drug-likeness (QED) is 0.412. The van der Waals surface area contributed by atoms with E-state index in [9.17, 15) is 10.1 Å². The summed E-state index contributed by atoms with van der Waals surface area (Å²) >= 11 is 13.2. The molecule has 6 nitrogen and oxygen atoms in total. The summed E-state index contributed by atoms with van der Waals surface area (Å²) in [4.78, 5) is 11.0. The lowest BCUT2D eigenvalue weighted by Crippen LogP contribution is -2.14. The van der Waals surface area contributed by atoms with Gasteiger partial charge in [-0.05, 0) is 55.4 Å². The maximum Gasteiger partial charge on any atom is 0.278 e. The molecular weight excluding hydrogens is 413 g/mol. The second kappa shape index (κ2) is 7.69. The van der Waals surface area contributed by atoms with Gasteiger partial charge >= 0.3 is 0 Å². The highest BCUT2D eigenvalue weighted by molar-refractivity contribution is 6.37. The van der Waals surface area contributed by atoms with E-state index in [0.29, 0.717) is 33.5 Å². The minimum absolute atomic E-state index is 0.0541. The fourth-order valence-electron chi connectivity index (χ4n) is 4.08. The molecule has 0 saturated heterocycles. The van der Waals surface area contributed by atoms with Gasteiger partial charge in [0, 0.05) is 22.3 Å². The van der Waals surface area contributed by atoms with E-state index in [1.807, 2.05) is 13.0 Å². The first-order chi connectivity index (χ1) is 13.9. The molecule has 0 saturated carbocycles. The van der Waals surface area contributed by atoms with Crippen LogP contribution in [-0.4, -0.2) is 22.2 Å². The SMILES string of the molecule is COc1cc(C)c(Cl)c([C@@H]2CCc3c(-c4ccccc4[N+](=O)[O-])n[nH]c3C2)c1Cl. The molecule has 1 aliphatic rings. The first-order valence-electron chi connectivity index (χ1n) is 9.24. The van der Waals surface area contributed by atoms with Crippen molar-refractivity contribution in [3.63, 3.8) is 0 Å². The third kappa shape index (κ3) is 3.36. The normalized spacial score (nSPS) is 15.8. The predicted octanol–water partition coefficient (Wildman–Crippen LogP) is 5.88. The molecule has 29 heavy (non-hydrogen) atoms. The van der Waals surface area contributed by atoms with Gasteiger partial charge in [0.1, 0.15) is 11.4 Å². The fraction of sp³-hybridized carbons (Fsp3) is 0.286. The zero-order chi connectivity index (χ0) is 20.7. The fourth-order valence-corrected chi connectivity index (χ4v) is 4.81. The van der Waals surface area contributed by atoms with Gasteiger partial charge in [0.15, 0.2) is 0 Å². The van der Waals surface area contributed by atoms with E-state index in [0.717, 1.165) is 35.2 Å². The van der Waals surface area contributed by atoms with Crippen LogP contribution in [0.1, 0.15) is 34.7 Å². The number of H-pyrrole nitrogens is 1. The molecule has 1 N–H and O–H groups in total. The number of nitrogens with zero attached hydrogens (tertiary/aromatic N) is 2. The standard InChI is InChI=1S/C21H19Cl2N3O3/c1-11-9-17(29-2)20(23)18(19(11)22)12-7-8-13-15(10-12)24-25-21(13)14-5-3-4-6-16(14)26(27)28/h3-6,9,12H,7-8,10H2,1-2H3,(H,24,25)/t12-/m1/s1. The molecule has 150 valence electrons. The molecule has 0 aliphatic heterocycles. The van der Waals surface area contributed by atoms with E-state index >= 15 is 0 Å². The number of nitro benzene ring substituents is 1. The number of aromatic amines is 1. The van der Waals surface area contributed by atoms with E-state index < -0.39 is 0 Å². The topological polar surface area (TPSA) is 81.1 Å². The molecule has 0 unspecified atom stereocenters. The third-order valence-corrected chi connectivity index (χ3v) is 6.40. The van der Waals surface area contributed by atoms with Crippen molar-refractivity contribution in [2.45, 2.75) is 32.1 Å². The summed E-state index contributed by atoms with van der Waals surface area (Å²) in [5, 5.41) is 20.1. The molecular formula is C21H19Cl2N3O3. The minimum atomic E-state index is -0.374. The number of nitrogens with one attached hydrogen (secondary N) is 1. The summed E-state index contributed by atoms with van der Waals surface area (Å²) in [5.41, 5.74) is 5.01. The molecule has 0 bridgehead atoms. The molecule has 1 aromatic heterocycles. The minimum Gasteiger partial charge on any atom is -0.495 e. The Kier molecular flexibility index (Phi) is 5.23. The van der Waals surface area contributed by atoms with Crippen LogP contribution in [0.4, 0.5) is 5.69 Å². The number of methoxy groups -OCH3 is 1.